The molecule has 1 saturated carbocycles. The first kappa shape index (κ1) is 14.3. The van der Waals surface area contributed by atoms with Crippen molar-refractivity contribution in [3.63, 3.8) is 0 Å². The number of rotatable bonds is 5. The molecule has 0 atom stereocenters. The fraction of sp³-hybridized carbons (Fsp3) is 0.688. The molecule has 2 rings (SSSR count). The number of hydrogen-bond acceptors (Lipinski definition) is 3. The molecule has 0 spiro atoms. The zero-order valence-corrected chi connectivity index (χ0v) is 12.7. The minimum absolute atomic E-state index is 0.479. The first-order valence-electron chi connectivity index (χ1n) is 7.50. The van der Waals surface area contributed by atoms with Gasteiger partial charge >= 0.3 is 0 Å². The Labute approximate surface area is 117 Å². The number of hydrogen-bond donors (Lipinski definition) is 1. The van der Waals surface area contributed by atoms with Crippen LogP contribution in [-0.4, -0.2) is 25.1 Å². The second-order valence-electron chi connectivity index (χ2n) is 5.99. The molecule has 1 N–H and O–H groups in total. The number of aromatic nitrogens is 1. The molecule has 3 heteroatoms. The smallest absolute Gasteiger partial charge is 0.129 e. The van der Waals surface area contributed by atoms with E-state index in [1.807, 2.05) is 7.05 Å². The van der Waals surface area contributed by atoms with Crippen molar-refractivity contribution >= 4 is 5.82 Å². The van der Waals surface area contributed by atoms with Crippen molar-refractivity contribution in [2.45, 2.75) is 58.0 Å². The zero-order chi connectivity index (χ0) is 13.8. The summed E-state index contributed by atoms with van der Waals surface area (Å²) in [5.74, 6) is 1.62. The summed E-state index contributed by atoms with van der Waals surface area (Å²) in [6.07, 6.45) is 5.35. The Kier molecular flexibility index (Phi) is 4.81. The van der Waals surface area contributed by atoms with E-state index >= 15 is 0 Å². The Morgan fingerprint density at radius 1 is 1.32 bits per heavy atom. The summed E-state index contributed by atoms with van der Waals surface area (Å²) < 4.78 is 0. The molecule has 0 bridgehead atoms. The van der Waals surface area contributed by atoms with Crippen molar-refractivity contribution in [2.75, 3.05) is 19.0 Å². The van der Waals surface area contributed by atoms with E-state index in [0.717, 1.165) is 12.4 Å². The van der Waals surface area contributed by atoms with Crippen LogP contribution in [0.3, 0.4) is 0 Å². The van der Waals surface area contributed by atoms with E-state index in [9.17, 15) is 0 Å². The molecule has 1 fully saturated rings. The van der Waals surface area contributed by atoms with E-state index in [1.54, 1.807) is 0 Å². The number of pyridine rings is 1. The quantitative estimate of drug-likeness (QED) is 0.881. The van der Waals surface area contributed by atoms with Gasteiger partial charge in [-0.05, 0) is 43.5 Å². The largest absolute Gasteiger partial charge is 0.357 e. The molecular formula is C16H27N3. The Bertz CT molecular complexity index is 408. The summed E-state index contributed by atoms with van der Waals surface area (Å²) in [5, 5.41) is 3.24. The molecule has 0 unspecified atom stereocenters. The van der Waals surface area contributed by atoms with Gasteiger partial charge in [-0.1, -0.05) is 26.7 Å². The van der Waals surface area contributed by atoms with Gasteiger partial charge in [0.15, 0.2) is 0 Å². The van der Waals surface area contributed by atoms with Gasteiger partial charge in [0.1, 0.15) is 5.82 Å². The van der Waals surface area contributed by atoms with Gasteiger partial charge in [0.25, 0.3) is 0 Å². The maximum Gasteiger partial charge on any atom is 0.129 e. The second kappa shape index (κ2) is 6.38. The van der Waals surface area contributed by atoms with Gasteiger partial charge in [-0.3, -0.25) is 0 Å². The van der Waals surface area contributed by atoms with E-state index < -0.39 is 0 Å². The van der Waals surface area contributed by atoms with Crippen molar-refractivity contribution in [1.82, 2.24) is 10.3 Å². The topological polar surface area (TPSA) is 28.2 Å². The van der Waals surface area contributed by atoms with Crippen LogP contribution >= 0.6 is 0 Å². The van der Waals surface area contributed by atoms with Crippen LogP contribution in [0.25, 0.3) is 0 Å². The highest BCUT2D eigenvalue weighted by Gasteiger charge is 2.21. The normalized spacial score (nSPS) is 16.3. The van der Waals surface area contributed by atoms with E-state index in [2.05, 4.69) is 43.2 Å². The summed E-state index contributed by atoms with van der Waals surface area (Å²) in [7, 11) is 4.20. The highest BCUT2D eigenvalue weighted by Crippen LogP contribution is 2.27. The van der Waals surface area contributed by atoms with Gasteiger partial charge in [-0.25, -0.2) is 4.98 Å². The fourth-order valence-corrected chi connectivity index (χ4v) is 2.86. The molecule has 19 heavy (non-hydrogen) atoms. The van der Waals surface area contributed by atoms with Crippen LogP contribution in [-0.2, 0) is 6.54 Å². The van der Waals surface area contributed by atoms with Crippen LogP contribution in [0.4, 0.5) is 5.82 Å². The number of anilines is 1. The zero-order valence-electron chi connectivity index (χ0n) is 12.7. The molecule has 1 aliphatic rings. The Morgan fingerprint density at radius 2 is 2.00 bits per heavy atom. The Morgan fingerprint density at radius 3 is 2.58 bits per heavy atom. The van der Waals surface area contributed by atoms with Crippen LogP contribution in [0, 0.1) is 0 Å². The van der Waals surface area contributed by atoms with Gasteiger partial charge in [-0.2, -0.15) is 0 Å². The standard InChI is InChI=1S/C16H27N3/c1-12(2)15-9-13(11-17-3)10-16(18-15)19(4)14-7-5-6-8-14/h9-10,12,14,17H,5-8,11H2,1-4H3. The lowest BCUT2D eigenvalue weighted by Gasteiger charge is -2.26. The lowest BCUT2D eigenvalue weighted by molar-refractivity contribution is 0.642. The van der Waals surface area contributed by atoms with Crippen LogP contribution in [0.1, 0.15) is 56.7 Å². The molecule has 1 aromatic rings. The van der Waals surface area contributed by atoms with E-state index in [0.29, 0.717) is 12.0 Å². The third kappa shape index (κ3) is 3.47. The van der Waals surface area contributed by atoms with Crippen LogP contribution in [0.5, 0.6) is 0 Å². The number of nitrogens with zero attached hydrogens (tertiary/aromatic N) is 2. The van der Waals surface area contributed by atoms with Crippen molar-refractivity contribution in [2.24, 2.45) is 0 Å². The fourth-order valence-electron chi connectivity index (χ4n) is 2.86. The van der Waals surface area contributed by atoms with E-state index in [4.69, 9.17) is 4.98 Å². The monoisotopic (exact) mass is 261 g/mol. The minimum Gasteiger partial charge on any atom is -0.357 e. The average molecular weight is 261 g/mol. The summed E-state index contributed by atoms with van der Waals surface area (Å²) in [4.78, 5) is 7.24. The maximum absolute atomic E-state index is 4.86. The highest BCUT2D eigenvalue weighted by atomic mass is 15.2. The lowest BCUT2D eigenvalue weighted by atomic mass is 10.1. The number of nitrogens with one attached hydrogen (secondary N) is 1. The van der Waals surface area contributed by atoms with Gasteiger partial charge < -0.3 is 10.2 Å². The molecular weight excluding hydrogens is 234 g/mol. The van der Waals surface area contributed by atoms with Crippen molar-refractivity contribution in [1.29, 1.82) is 0 Å². The van der Waals surface area contributed by atoms with Crippen molar-refractivity contribution < 1.29 is 0 Å². The lowest BCUT2D eigenvalue weighted by Crippen LogP contribution is -2.30. The summed E-state index contributed by atoms with van der Waals surface area (Å²) in [6.45, 7) is 5.34. The predicted octanol–water partition coefficient (Wildman–Crippen LogP) is 3.30. The molecule has 0 saturated heterocycles. The third-order valence-electron chi connectivity index (χ3n) is 4.10. The summed E-state index contributed by atoms with van der Waals surface area (Å²) >= 11 is 0. The first-order chi connectivity index (χ1) is 9.11. The summed E-state index contributed by atoms with van der Waals surface area (Å²) in [5.41, 5.74) is 2.54. The van der Waals surface area contributed by atoms with E-state index in [1.165, 1.54) is 36.9 Å². The molecule has 1 aliphatic carbocycles. The molecule has 106 valence electrons. The molecule has 0 aliphatic heterocycles. The van der Waals surface area contributed by atoms with Crippen molar-refractivity contribution in [3.05, 3.63) is 23.4 Å². The summed E-state index contributed by atoms with van der Waals surface area (Å²) in [6, 6.07) is 5.14. The van der Waals surface area contributed by atoms with Gasteiger partial charge in [-0.15, -0.1) is 0 Å². The van der Waals surface area contributed by atoms with Crippen LogP contribution < -0.4 is 10.2 Å². The SMILES string of the molecule is CNCc1cc(C(C)C)nc(N(C)C2CCCC2)c1. The molecule has 1 heterocycles. The van der Waals surface area contributed by atoms with Gasteiger partial charge in [0.2, 0.25) is 0 Å². The Hall–Kier alpha value is -1.09. The third-order valence-corrected chi connectivity index (χ3v) is 4.10. The minimum atomic E-state index is 0.479. The molecule has 3 nitrogen and oxygen atoms in total. The predicted molar refractivity (Wildman–Crippen MR) is 81.7 cm³/mol. The van der Waals surface area contributed by atoms with Crippen LogP contribution in [0.15, 0.2) is 12.1 Å². The average Bonchev–Trinajstić information content (AvgIpc) is 2.91. The molecule has 1 aromatic heterocycles. The first-order valence-corrected chi connectivity index (χ1v) is 7.50. The second-order valence-corrected chi connectivity index (χ2v) is 5.99. The van der Waals surface area contributed by atoms with Gasteiger partial charge in [0.05, 0.1) is 0 Å². The van der Waals surface area contributed by atoms with Crippen molar-refractivity contribution in [3.8, 4) is 0 Å². The maximum atomic E-state index is 4.86. The molecule has 0 amide bonds. The molecule has 0 radical (unpaired) electrons. The van der Waals surface area contributed by atoms with Gasteiger partial charge in [0, 0.05) is 25.3 Å². The van der Waals surface area contributed by atoms with Crippen LogP contribution in [0.2, 0.25) is 0 Å². The molecule has 0 aromatic carbocycles. The van der Waals surface area contributed by atoms with E-state index in [-0.39, 0.29) is 0 Å². The highest BCUT2D eigenvalue weighted by molar-refractivity contribution is 5.43. The Balaban J connectivity index is 2.26.